The van der Waals surface area contributed by atoms with Crippen LogP contribution in [0.15, 0.2) is 73.2 Å². The summed E-state index contributed by atoms with van der Waals surface area (Å²) in [4.78, 5) is 0. The van der Waals surface area contributed by atoms with E-state index in [0.717, 1.165) is 11.3 Å². The number of rotatable bonds is 8. The molecule has 3 heterocycles. The molecule has 0 aliphatic heterocycles. The van der Waals surface area contributed by atoms with Crippen molar-refractivity contribution in [1.29, 1.82) is 0 Å². The lowest BCUT2D eigenvalue weighted by molar-refractivity contribution is 0.252. The smallest absolute Gasteiger partial charge is 0.277 e. The Labute approximate surface area is 193 Å². The van der Waals surface area contributed by atoms with Gasteiger partial charge in [-0.2, -0.15) is 0 Å². The van der Waals surface area contributed by atoms with Crippen LogP contribution < -0.4 is 4.74 Å². The van der Waals surface area contributed by atoms with Crippen LogP contribution in [0.5, 0.6) is 5.75 Å². The SMILES string of the molecule is Cc1ccc(OCc2nnc(SCc3nnc(-c4c(-c5ccccc5)noc4C)o3)o2)cc1. The normalized spacial score (nSPS) is 11.1. The molecule has 0 radical (unpaired) electrons. The predicted octanol–water partition coefficient (Wildman–Crippen LogP) is 5.26. The lowest BCUT2D eigenvalue weighted by Gasteiger charge is -2.02. The summed E-state index contributed by atoms with van der Waals surface area (Å²) >= 11 is 1.30. The second-order valence-corrected chi connectivity index (χ2v) is 8.11. The summed E-state index contributed by atoms with van der Waals surface area (Å²) < 4.78 is 22.5. The summed E-state index contributed by atoms with van der Waals surface area (Å²) in [5.41, 5.74) is 3.41. The number of hydrogen-bond donors (Lipinski definition) is 0. The van der Waals surface area contributed by atoms with Gasteiger partial charge in [0.1, 0.15) is 22.8 Å². The van der Waals surface area contributed by atoms with E-state index in [1.165, 1.54) is 17.3 Å². The average molecular weight is 462 g/mol. The van der Waals surface area contributed by atoms with Gasteiger partial charge >= 0.3 is 0 Å². The number of hydrogen-bond acceptors (Lipinski definition) is 10. The van der Waals surface area contributed by atoms with Gasteiger partial charge in [-0.05, 0) is 26.0 Å². The fourth-order valence-electron chi connectivity index (χ4n) is 3.09. The van der Waals surface area contributed by atoms with Gasteiger partial charge in [0.25, 0.3) is 17.0 Å². The molecule has 0 saturated carbocycles. The highest BCUT2D eigenvalue weighted by molar-refractivity contribution is 7.98. The molecule has 0 N–H and O–H groups in total. The van der Waals surface area contributed by atoms with Crippen molar-refractivity contribution >= 4 is 11.8 Å². The van der Waals surface area contributed by atoms with E-state index in [4.69, 9.17) is 18.1 Å². The molecule has 2 aromatic carbocycles. The molecule has 0 spiro atoms. The number of benzene rings is 2. The molecule has 0 fully saturated rings. The van der Waals surface area contributed by atoms with E-state index >= 15 is 0 Å². The molecule has 166 valence electrons. The van der Waals surface area contributed by atoms with Crippen LogP contribution in [-0.2, 0) is 12.4 Å². The summed E-state index contributed by atoms with van der Waals surface area (Å²) in [6.07, 6.45) is 0. The summed E-state index contributed by atoms with van der Waals surface area (Å²) in [5.74, 6) is 2.87. The maximum atomic E-state index is 5.86. The van der Waals surface area contributed by atoms with Crippen LogP contribution in [0.25, 0.3) is 22.7 Å². The molecule has 0 aliphatic rings. The van der Waals surface area contributed by atoms with Gasteiger partial charge in [-0.3, -0.25) is 0 Å². The first-order valence-corrected chi connectivity index (χ1v) is 11.1. The van der Waals surface area contributed by atoms with E-state index in [0.29, 0.717) is 45.7 Å². The first-order chi connectivity index (χ1) is 16.2. The highest BCUT2D eigenvalue weighted by Gasteiger charge is 2.22. The third-order valence-corrected chi connectivity index (χ3v) is 5.54. The highest BCUT2D eigenvalue weighted by atomic mass is 32.2. The summed E-state index contributed by atoms with van der Waals surface area (Å²) in [7, 11) is 0. The largest absolute Gasteiger partial charge is 0.484 e. The predicted molar refractivity (Wildman–Crippen MR) is 119 cm³/mol. The Morgan fingerprint density at radius 2 is 1.64 bits per heavy atom. The first kappa shape index (κ1) is 21.0. The molecule has 33 heavy (non-hydrogen) atoms. The van der Waals surface area contributed by atoms with Crippen molar-refractivity contribution in [3.05, 3.63) is 77.7 Å². The van der Waals surface area contributed by atoms with E-state index in [1.54, 1.807) is 0 Å². The van der Waals surface area contributed by atoms with Crippen molar-refractivity contribution in [2.45, 2.75) is 31.4 Å². The second-order valence-electron chi connectivity index (χ2n) is 7.18. The second kappa shape index (κ2) is 9.29. The van der Waals surface area contributed by atoms with Crippen molar-refractivity contribution in [2.75, 3.05) is 0 Å². The first-order valence-electron chi connectivity index (χ1n) is 10.1. The molecule has 5 aromatic rings. The van der Waals surface area contributed by atoms with Crippen molar-refractivity contribution in [1.82, 2.24) is 25.6 Å². The maximum absolute atomic E-state index is 5.86. The monoisotopic (exact) mass is 461 g/mol. The number of nitrogens with zero attached hydrogens (tertiary/aromatic N) is 5. The molecule has 0 bridgehead atoms. The van der Waals surface area contributed by atoms with Crippen LogP contribution >= 0.6 is 11.8 Å². The minimum Gasteiger partial charge on any atom is -0.484 e. The lowest BCUT2D eigenvalue weighted by atomic mass is 10.1. The van der Waals surface area contributed by atoms with Crippen LogP contribution in [0, 0.1) is 13.8 Å². The van der Waals surface area contributed by atoms with Gasteiger partial charge in [-0.1, -0.05) is 64.9 Å². The summed E-state index contributed by atoms with van der Waals surface area (Å²) in [6.45, 7) is 4.02. The Bertz CT molecular complexity index is 1340. The third-order valence-electron chi connectivity index (χ3n) is 4.74. The topological polar surface area (TPSA) is 113 Å². The third kappa shape index (κ3) is 4.80. The summed E-state index contributed by atoms with van der Waals surface area (Å²) in [5, 5.41) is 20.9. The Morgan fingerprint density at radius 3 is 2.45 bits per heavy atom. The van der Waals surface area contributed by atoms with Gasteiger partial charge in [0.05, 0.1) is 5.75 Å². The van der Waals surface area contributed by atoms with Crippen LogP contribution in [0.3, 0.4) is 0 Å². The van der Waals surface area contributed by atoms with E-state index in [2.05, 4.69) is 25.6 Å². The average Bonchev–Trinajstić information content (AvgIpc) is 3.57. The highest BCUT2D eigenvalue weighted by Crippen LogP contribution is 2.34. The molecule has 0 saturated heterocycles. The Kier molecular flexibility index (Phi) is 5.90. The van der Waals surface area contributed by atoms with E-state index < -0.39 is 0 Å². The quantitative estimate of drug-likeness (QED) is 0.283. The van der Waals surface area contributed by atoms with Gasteiger partial charge in [0.2, 0.25) is 5.89 Å². The zero-order valence-electron chi connectivity index (χ0n) is 17.9. The molecular formula is C23H19N5O4S. The van der Waals surface area contributed by atoms with Crippen LogP contribution in [0.1, 0.15) is 23.1 Å². The minimum absolute atomic E-state index is 0.191. The number of ether oxygens (including phenoxy) is 1. The zero-order valence-corrected chi connectivity index (χ0v) is 18.7. The van der Waals surface area contributed by atoms with E-state index in [-0.39, 0.29) is 6.61 Å². The van der Waals surface area contributed by atoms with Crippen molar-refractivity contribution in [3.8, 4) is 28.5 Å². The summed E-state index contributed by atoms with van der Waals surface area (Å²) in [6, 6.07) is 17.5. The Balaban J connectivity index is 1.22. The van der Waals surface area contributed by atoms with Crippen molar-refractivity contribution < 1.29 is 18.1 Å². The van der Waals surface area contributed by atoms with Gasteiger partial charge in [0.15, 0.2) is 6.61 Å². The molecular weight excluding hydrogens is 442 g/mol. The van der Waals surface area contributed by atoms with Gasteiger partial charge in [0, 0.05) is 5.56 Å². The van der Waals surface area contributed by atoms with Crippen LogP contribution in [-0.4, -0.2) is 25.6 Å². The van der Waals surface area contributed by atoms with E-state index in [1.807, 2.05) is 68.4 Å². The minimum atomic E-state index is 0.191. The molecule has 0 atom stereocenters. The molecule has 10 heteroatoms. The van der Waals surface area contributed by atoms with Gasteiger partial charge in [-0.25, -0.2) is 0 Å². The maximum Gasteiger partial charge on any atom is 0.277 e. The fourth-order valence-corrected chi connectivity index (χ4v) is 3.71. The van der Waals surface area contributed by atoms with Crippen LogP contribution in [0.4, 0.5) is 0 Å². The molecule has 5 rings (SSSR count). The van der Waals surface area contributed by atoms with Crippen molar-refractivity contribution in [2.24, 2.45) is 0 Å². The molecule has 0 aliphatic carbocycles. The standard InChI is InChI=1S/C23H19N5O4S/c1-14-8-10-17(11-9-14)29-12-18-24-27-23(31-18)33-13-19-25-26-22(30-19)20-15(2)32-28-21(20)16-6-4-3-5-7-16/h3-11H,12-13H2,1-2H3. The zero-order chi connectivity index (χ0) is 22.6. The van der Waals surface area contributed by atoms with Gasteiger partial charge < -0.3 is 18.1 Å². The molecule has 9 nitrogen and oxygen atoms in total. The Hall–Kier alpha value is -3.92. The molecule has 3 aromatic heterocycles. The lowest BCUT2D eigenvalue weighted by Crippen LogP contribution is -1.95. The van der Waals surface area contributed by atoms with Crippen molar-refractivity contribution in [3.63, 3.8) is 0 Å². The fraction of sp³-hybridized carbons (Fsp3) is 0.174. The molecule has 0 unspecified atom stereocenters. The van der Waals surface area contributed by atoms with Gasteiger partial charge in [-0.15, -0.1) is 20.4 Å². The Morgan fingerprint density at radius 1 is 0.848 bits per heavy atom. The number of thioether (sulfide) groups is 1. The number of aromatic nitrogens is 5. The molecule has 0 amide bonds. The van der Waals surface area contributed by atoms with E-state index in [9.17, 15) is 0 Å². The number of aryl methyl sites for hydroxylation is 2. The van der Waals surface area contributed by atoms with Crippen LogP contribution in [0.2, 0.25) is 0 Å².